The minimum atomic E-state index is -0.878. The number of nitrogens with zero attached hydrogens (tertiary/aromatic N) is 3. The van der Waals surface area contributed by atoms with Gasteiger partial charge in [0.25, 0.3) is 5.91 Å². The highest BCUT2D eigenvalue weighted by molar-refractivity contribution is 5.93. The Morgan fingerprint density at radius 1 is 1.25 bits per heavy atom. The Morgan fingerprint density at radius 3 is 2.62 bits per heavy atom. The predicted molar refractivity (Wildman–Crippen MR) is 84.4 cm³/mol. The lowest BCUT2D eigenvalue weighted by molar-refractivity contribution is -0.144. The van der Waals surface area contributed by atoms with Gasteiger partial charge in [-0.3, -0.25) is 9.59 Å². The molecule has 3 rings (SSSR count). The Balaban J connectivity index is 1.80. The number of rotatable bonds is 3. The maximum absolute atomic E-state index is 13.0. The van der Waals surface area contributed by atoms with E-state index in [0.29, 0.717) is 25.1 Å². The largest absolute Gasteiger partial charge is 0.481 e. The molecule has 2 heterocycles. The number of halogens is 1. The molecule has 1 N–H and O–H groups in total. The molecule has 1 amide bonds. The molecule has 1 aromatic carbocycles. The van der Waals surface area contributed by atoms with Gasteiger partial charge in [-0.2, -0.15) is 5.10 Å². The fourth-order valence-corrected chi connectivity index (χ4v) is 3.08. The summed E-state index contributed by atoms with van der Waals surface area (Å²) in [6.07, 6.45) is 2.86. The Hall–Kier alpha value is -2.70. The number of amides is 1. The third-order valence-electron chi connectivity index (χ3n) is 4.47. The van der Waals surface area contributed by atoms with Crippen LogP contribution in [0.3, 0.4) is 0 Å². The van der Waals surface area contributed by atoms with Gasteiger partial charge in [-0.15, -0.1) is 0 Å². The summed E-state index contributed by atoms with van der Waals surface area (Å²) >= 11 is 0. The molecular weight excluding hydrogens is 313 g/mol. The lowest BCUT2D eigenvalue weighted by Crippen LogP contribution is -2.49. The normalized spacial score (nSPS) is 20.8. The van der Waals surface area contributed by atoms with Crippen LogP contribution in [-0.4, -0.2) is 44.3 Å². The molecule has 1 aliphatic rings. The number of hydrogen-bond acceptors (Lipinski definition) is 3. The van der Waals surface area contributed by atoms with E-state index < -0.39 is 11.9 Å². The highest BCUT2D eigenvalue weighted by Crippen LogP contribution is 2.25. The standard InChI is InChI=1S/C17H18FN3O3/c1-11-14(17(23)24)3-2-9-20(11)16(22)15-8-10-21(19-15)13-6-4-12(18)5-7-13/h4-8,10-11,14H,2-3,9H2,1H3,(H,23,24)/t11-,14-/m1/s1. The summed E-state index contributed by atoms with van der Waals surface area (Å²) in [5.74, 6) is -2.06. The minimum Gasteiger partial charge on any atom is -0.481 e. The topological polar surface area (TPSA) is 75.4 Å². The molecule has 0 unspecified atom stereocenters. The second-order valence-electron chi connectivity index (χ2n) is 5.95. The lowest BCUT2D eigenvalue weighted by Gasteiger charge is -2.37. The van der Waals surface area contributed by atoms with E-state index in [9.17, 15) is 19.1 Å². The third kappa shape index (κ3) is 3.02. The van der Waals surface area contributed by atoms with Crippen LogP contribution in [0.5, 0.6) is 0 Å². The molecule has 0 aliphatic carbocycles. The first kappa shape index (κ1) is 16.2. The Labute approximate surface area is 138 Å². The summed E-state index contributed by atoms with van der Waals surface area (Å²) in [7, 11) is 0. The number of benzene rings is 1. The second-order valence-corrected chi connectivity index (χ2v) is 5.95. The third-order valence-corrected chi connectivity index (χ3v) is 4.47. The number of carboxylic acids is 1. The van der Waals surface area contributed by atoms with Crippen LogP contribution in [0.2, 0.25) is 0 Å². The van der Waals surface area contributed by atoms with Crippen molar-refractivity contribution in [1.29, 1.82) is 0 Å². The van der Waals surface area contributed by atoms with Crippen molar-refractivity contribution in [3.05, 3.63) is 48.0 Å². The van der Waals surface area contributed by atoms with E-state index in [1.165, 1.54) is 16.8 Å². The van der Waals surface area contributed by atoms with Gasteiger partial charge in [0, 0.05) is 18.8 Å². The van der Waals surface area contributed by atoms with Crippen LogP contribution >= 0.6 is 0 Å². The summed E-state index contributed by atoms with van der Waals surface area (Å²) < 4.78 is 14.5. The number of likely N-dealkylation sites (tertiary alicyclic amines) is 1. The monoisotopic (exact) mass is 331 g/mol. The molecule has 1 aliphatic heterocycles. The number of carboxylic acid groups (broad SMARTS) is 1. The average Bonchev–Trinajstić information content (AvgIpc) is 3.05. The summed E-state index contributed by atoms with van der Waals surface area (Å²) in [6.45, 7) is 2.28. The lowest BCUT2D eigenvalue weighted by atomic mass is 9.90. The van der Waals surface area contributed by atoms with Crippen molar-refractivity contribution in [2.45, 2.75) is 25.8 Å². The van der Waals surface area contributed by atoms with Crippen molar-refractivity contribution < 1.29 is 19.1 Å². The van der Waals surface area contributed by atoms with Gasteiger partial charge in [0.2, 0.25) is 0 Å². The molecule has 6 nitrogen and oxygen atoms in total. The van der Waals surface area contributed by atoms with Crippen LogP contribution in [0.25, 0.3) is 5.69 Å². The zero-order valence-electron chi connectivity index (χ0n) is 13.2. The molecule has 7 heteroatoms. The Kier molecular flexibility index (Phi) is 4.33. The van der Waals surface area contributed by atoms with Gasteiger partial charge in [0.15, 0.2) is 5.69 Å². The van der Waals surface area contributed by atoms with Crippen molar-refractivity contribution in [3.63, 3.8) is 0 Å². The van der Waals surface area contributed by atoms with Crippen molar-refractivity contribution in [3.8, 4) is 5.69 Å². The van der Waals surface area contributed by atoms with Crippen LogP contribution < -0.4 is 0 Å². The van der Waals surface area contributed by atoms with Gasteiger partial charge in [0.1, 0.15) is 5.82 Å². The molecule has 0 bridgehead atoms. The highest BCUT2D eigenvalue weighted by atomic mass is 19.1. The molecule has 1 fully saturated rings. The zero-order chi connectivity index (χ0) is 17.3. The van der Waals surface area contributed by atoms with E-state index in [1.807, 2.05) is 0 Å². The SMILES string of the molecule is C[C@@H]1[C@H](C(=O)O)CCCN1C(=O)c1ccn(-c2ccc(F)cc2)n1. The van der Waals surface area contributed by atoms with Crippen LogP contribution in [-0.2, 0) is 4.79 Å². The fourth-order valence-electron chi connectivity index (χ4n) is 3.08. The maximum atomic E-state index is 13.0. The minimum absolute atomic E-state index is 0.247. The van der Waals surface area contributed by atoms with Gasteiger partial charge in [-0.25, -0.2) is 9.07 Å². The molecular formula is C17H18FN3O3. The number of piperidine rings is 1. The summed E-state index contributed by atoms with van der Waals surface area (Å²) in [5, 5.41) is 13.5. The van der Waals surface area contributed by atoms with Crippen molar-refractivity contribution in [2.24, 2.45) is 5.92 Å². The number of aromatic nitrogens is 2. The van der Waals surface area contributed by atoms with Crippen LogP contribution in [0.15, 0.2) is 36.5 Å². The van der Waals surface area contributed by atoms with Gasteiger partial charge in [-0.1, -0.05) is 0 Å². The molecule has 2 aromatic rings. The molecule has 1 saturated heterocycles. The van der Waals surface area contributed by atoms with Crippen molar-refractivity contribution in [1.82, 2.24) is 14.7 Å². The molecule has 0 radical (unpaired) electrons. The first-order chi connectivity index (χ1) is 11.5. The first-order valence-electron chi connectivity index (χ1n) is 7.83. The van der Waals surface area contributed by atoms with E-state index in [-0.39, 0.29) is 23.5 Å². The van der Waals surface area contributed by atoms with Crippen LogP contribution in [0.4, 0.5) is 4.39 Å². The van der Waals surface area contributed by atoms with E-state index in [2.05, 4.69) is 5.10 Å². The smallest absolute Gasteiger partial charge is 0.308 e. The quantitative estimate of drug-likeness (QED) is 0.937. The van der Waals surface area contributed by atoms with Crippen molar-refractivity contribution >= 4 is 11.9 Å². The Bertz CT molecular complexity index is 757. The van der Waals surface area contributed by atoms with Gasteiger partial charge in [-0.05, 0) is 50.1 Å². The summed E-state index contributed by atoms with van der Waals surface area (Å²) in [4.78, 5) is 25.5. The zero-order valence-corrected chi connectivity index (χ0v) is 13.2. The number of aliphatic carboxylic acids is 1. The van der Waals surface area contributed by atoms with E-state index in [1.54, 1.807) is 36.2 Å². The van der Waals surface area contributed by atoms with E-state index >= 15 is 0 Å². The Morgan fingerprint density at radius 2 is 1.96 bits per heavy atom. The molecule has 1 aromatic heterocycles. The first-order valence-corrected chi connectivity index (χ1v) is 7.83. The number of hydrogen-bond donors (Lipinski definition) is 1. The molecule has 126 valence electrons. The highest BCUT2D eigenvalue weighted by Gasteiger charge is 2.36. The van der Waals surface area contributed by atoms with Crippen LogP contribution in [0.1, 0.15) is 30.3 Å². The average molecular weight is 331 g/mol. The molecule has 0 saturated carbocycles. The molecule has 0 spiro atoms. The van der Waals surface area contributed by atoms with E-state index in [0.717, 1.165) is 0 Å². The molecule has 2 atom stereocenters. The van der Waals surface area contributed by atoms with Gasteiger partial charge >= 0.3 is 5.97 Å². The van der Waals surface area contributed by atoms with Crippen LogP contribution in [0, 0.1) is 11.7 Å². The van der Waals surface area contributed by atoms with Gasteiger partial charge in [0.05, 0.1) is 11.6 Å². The van der Waals surface area contributed by atoms with E-state index in [4.69, 9.17) is 0 Å². The second kappa shape index (κ2) is 6.43. The summed E-state index contributed by atoms with van der Waals surface area (Å²) in [6, 6.07) is 7.00. The summed E-state index contributed by atoms with van der Waals surface area (Å²) in [5.41, 5.74) is 0.891. The number of carbonyl (C=O) groups is 2. The fraction of sp³-hybridized carbons (Fsp3) is 0.353. The maximum Gasteiger partial charge on any atom is 0.308 e. The predicted octanol–water partition coefficient (Wildman–Crippen LogP) is 2.34. The van der Waals surface area contributed by atoms with Crippen molar-refractivity contribution in [2.75, 3.05) is 6.54 Å². The molecule has 24 heavy (non-hydrogen) atoms. The van der Waals surface area contributed by atoms with Gasteiger partial charge < -0.3 is 10.0 Å². The number of carbonyl (C=O) groups excluding carboxylic acids is 1.